The second-order valence-electron chi connectivity index (χ2n) is 5.20. The van der Waals surface area contributed by atoms with Crippen LogP contribution in [0.2, 0.25) is 0 Å². The van der Waals surface area contributed by atoms with E-state index in [-0.39, 0.29) is 5.75 Å². The summed E-state index contributed by atoms with van der Waals surface area (Å²) in [5.74, 6) is 1.13. The average Bonchev–Trinajstić information content (AvgIpc) is 2.42. The summed E-state index contributed by atoms with van der Waals surface area (Å²) in [6, 6.07) is 8.17. The first-order valence-electron chi connectivity index (χ1n) is 6.82. The van der Waals surface area contributed by atoms with E-state index >= 15 is 0 Å². The molecule has 1 saturated heterocycles. The molecule has 4 heteroatoms. The minimum atomic E-state index is 0.276. The number of hydrogen-bond donors (Lipinski definition) is 3. The lowest BCUT2D eigenvalue weighted by molar-refractivity contribution is 0.389. The van der Waals surface area contributed by atoms with Crippen LogP contribution < -0.4 is 10.6 Å². The number of aromatic hydroxyl groups is 1. The molecule has 0 spiro atoms. The Morgan fingerprint density at radius 3 is 3.11 bits per heavy atom. The van der Waals surface area contributed by atoms with Gasteiger partial charge < -0.3 is 15.7 Å². The molecule has 1 aromatic heterocycles. The van der Waals surface area contributed by atoms with Gasteiger partial charge in [-0.1, -0.05) is 6.07 Å². The number of fused-ring (bicyclic) bond motifs is 1. The Hall–Kier alpha value is -1.81. The standard InChI is InChI=1S/C15H19N3O/c1-10-14(3-2-7-16-10)18-15-13-9-12(19)5-4-11(13)6-8-17-15/h4-6,8-10,14,16,19H,2-3,7H2,1H3,(H,17,18). The highest BCUT2D eigenvalue weighted by Gasteiger charge is 2.21. The van der Waals surface area contributed by atoms with Crippen LogP contribution in [0.4, 0.5) is 5.82 Å². The van der Waals surface area contributed by atoms with E-state index in [1.165, 1.54) is 6.42 Å². The topological polar surface area (TPSA) is 57.2 Å². The highest BCUT2D eigenvalue weighted by molar-refractivity contribution is 5.92. The molecule has 4 nitrogen and oxygen atoms in total. The first kappa shape index (κ1) is 12.2. The van der Waals surface area contributed by atoms with Crippen molar-refractivity contribution in [3.8, 4) is 5.75 Å². The third-order valence-electron chi connectivity index (χ3n) is 3.83. The third kappa shape index (κ3) is 2.49. The van der Waals surface area contributed by atoms with Gasteiger partial charge in [0.25, 0.3) is 0 Å². The van der Waals surface area contributed by atoms with Gasteiger partial charge in [0.05, 0.1) is 0 Å². The molecular formula is C15H19N3O. The van der Waals surface area contributed by atoms with Crippen molar-refractivity contribution in [1.82, 2.24) is 10.3 Å². The second kappa shape index (κ2) is 5.05. The van der Waals surface area contributed by atoms with Gasteiger partial charge in [-0.15, -0.1) is 0 Å². The summed E-state index contributed by atoms with van der Waals surface area (Å²) in [6.07, 6.45) is 4.13. The fourth-order valence-corrected chi connectivity index (χ4v) is 2.69. The van der Waals surface area contributed by atoms with Gasteiger partial charge in [-0.05, 0) is 49.9 Å². The number of aromatic nitrogens is 1. The lowest BCUT2D eigenvalue weighted by Gasteiger charge is -2.31. The van der Waals surface area contributed by atoms with Crippen molar-refractivity contribution < 1.29 is 5.11 Å². The maximum absolute atomic E-state index is 9.64. The molecule has 0 aliphatic carbocycles. The van der Waals surface area contributed by atoms with Crippen LogP contribution in [0.1, 0.15) is 19.8 Å². The summed E-state index contributed by atoms with van der Waals surface area (Å²) < 4.78 is 0. The van der Waals surface area contributed by atoms with E-state index in [0.29, 0.717) is 12.1 Å². The van der Waals surface area contributed by atoms with Crippen LogP contribution in [0.5, 0.6) is 5.75 Å². The molecule has 0 radical (unpaired) electrons. The molecule has 0 saturated carbocycles. The number of nitrogens with zero attached hydrogens (tertiary/aromatic N) is 1. The molecule has 19 heavy (non-hydrogen) atoms. The first-order valence-corrected chi connectivity index (χ1v) is 6.82. The van der Waals surface area contributed by atoms with Gasteiger partial charge in [-0.3, -0.25) is 0 Å². The molecule has 1 fully saturated rings. The number of hydrogen-bond acceptors (Lipinski definition) is 4. The highest BCUT2D eigenvalue weighted by atomic mass is 16.3. The van der Waals surface area contributed by atoms with E-state index in [1.807, 2.05) is 18.3 Å². The van der Waals surface area contributed by atoms with E-state index in [9.17, 15) is 5.11 Å². The molecule has 2 atom stereocenters. The van der Waals surface area contributed by atoms with Crippen molar-refractivity contribution in [1.29, 1.82) is 0 Å². The van der Waals surface area contributed by atoms with Crippen LogP contribution in [-0.4, -0.2) is 28.7 Å². The summed E-state index contributed by atoms with van der Waals surface area (Å²) in [4.78, 5) is 4.43. The Morgan fingerprint density at radius 1 is 1.37 bits per heavy atom. The fraction of sp³-hybridized carbons (Fsp3) is 0.400. The van der Waals surface area contributed by atoms with Crippen molar-refractivity contribution in [3.63, 3.8) is 0 Å². The monoisotopic (exact) mass is 257 g/mol. The minimum absolute atomic E-state index is 0.276. The SMILES string of the molecule is CC1NCCCC1Nc1nccc2ccc(O)cc12. The molecule has 3 N–H and O–H groups in total. The number of anilines is 1. The Morgan fingerprint density at radius 2 is 2.26 bits per heavy atom. The number of nitrogens with one attached hydrogen (secondary N) is 2. The highest BCUT2D eigenvalue weighted by Crippen LogP contribution is 2.26. The molecule has 100 valence electrons. The Labute approximate surface area is 112 Å². The quantitative estimate of drug-likeness (QED) is 0.773. The molecule has 0 bridgehead atoms. The zero-order valence-electron chi connectivity index (χ0n) is 11.1. The summed E-state index contributed by atoms with van der Waals surface area (Å²) in [6.45, 7) is 3.28. The van der Waals surface area contributed by atoms with Crippen LogP contribution in [0.15, 0.2) is 30.5 Å². The molecule has 2 unspecified atom stereocenters. The first-order chi connectivity index (χ1) is 9.24. The normalized spacial score (nSPS) is 23.4. The van der Waals surface area contributed by atoms with Crippen LogP contribution in [0, 0.1) is 0 Å². The van der Waals surface area contributed by atoms with Crippen molar-refractivity contribution in [2.24, 2.45) is 0 Å². The maximum atomic E-state index is 9.64. The zero-order valence-corrected chi connectivity index (χ0v) is 11.1. The molecular weight excluding hydrogens is 238 g/mol. The number of benzene rings is 1. The Balaban J connectivity index is 1.93. The van der Waals surface area contributed by atoms with Crippen molar-refractivity contribution in [2.45, 2.75) is 31.8 Å². The predicted octanol–water partition coefficient (Wildman–Crippen LogP) is 2.49. The van der Waals surface area contributed by atoms with Gasteiger partial charge in [0, 0.05) is 23.7 Å². The van der Waals surface area contributed by atoms with Crippen LogP contribution >= 0.6 is 0 Å². The van der Waals surface area contributed by atoms with Gasteiger partial charge in [0.2, 0.25) is 0 Å². The summed E-state index contributed by atoms with van der Waals surface area (Å²) >= 11 is 0. The Bertz CT molecular complexity index is 585. The lowest BCUT2D eigenvalue weighted by atomic mass is 9.99. The molecule has 2 aromatic rings. The van der Waals surface area contributed by atoms with Gasteiger partial charge >= 0.3 is 0 Å². The molecule has 2 heterocycles. The van der Waals surface area contributed by atoms with E-state index in [1.54, 1.807) is 12.1 Å². The minimum Gasteiger partial charge on any atom is -0.508 e. The number of phenols is 1. The number of rotatable bonds is 2. The number of phenolic OH excluding ortho intramolecular Hbond substituents is 1. The second-order valence-corrected chi connectivity index (χ2v) is 5.20. The van der Waals surface area contributed by atoms with E-state index in [0.717, 1.165) is 29.6 Å². The molecule has 3 rings (SSSR count). The van der Waals surface area contributed by atoms with Gasteiger partial charge in [0.1, 0.15) is 11.6 Å². The molecule has 1 aromatic carbocycles. The van der Waals surface area contributed by atoms with Crippen LogP contribution in [0.25, 0.3) is 10.8 Å². The smallest absolute Gasteiger partial charge is 0.134 e. The van der Waals surface area contributed by atoms with Crippen LogP contribution in [0.3, 0.4) is 0 Å². The largest absolute Gasteiger partial charge is 0.508 e. The number of pyridine rings is 1. The third-order valence-corrected chi connectivity index (χ3v) is 3.83. The van der Waals surface area contributed by atoms with Crippen molar-refractivity contribution in [3.05, 3.63) is 30.5 Å². The van der Waals surface area contributed by atoms with E-state index < -0.39 is 0 Å². The fourth-order valence-electron chi connectivity index (χ4n) is 2.69. The zero-order chi connectivity index (χ0) is 13.2. The summed E-state index contributed by atoms with van der Waals surface area (Å²) in [5, 5.41) is 18.7. The molecule has 1 aliphatic rings. The van der Waals surface area contributed by atoms with Gasteiger partial charge in [0.15, 0.2) is 0 Å². The van der Waals surface area contributed by atoms with Crippen molar-refractivity contribution >= 4 is 16.6 Å². The van der Waals surface area contributed by atoms with Crippen LogP contribution in [-0.2, 0) is 0 Å². The average molecular weight is 257 g/mol. The number of piperidine rings is 1. The molecule has 0 amide bonds. The van der Waals surface area contributed by atoms with Gasteiger partial charge in [-0.25, -0.2) is 4.98 Å². The summed E-state index contributed by atoms with van der Waals surface area (Å²) in [7, 11) is 0. The van der Waals surface area contributed by atoms with Crippen molar-refractivity contribution in [2.75, 3.05) is 11.9 Å². The predicted molar refractivity (Wildman–Crippen MR) is 77.5 cm³/mol. The van der Waals surface area contributed by atoms with Gasteiger partial charge in [-0.2, -0.15) is 0 Å². The maximum Gasteiger partial charge on any atom is 0.134 e. The molecule has 1 aliphatic heterocycles. The van der Waals surface area contributed by atoms with E-state index in [2.05, 4.69) is 22.5 Å². The Kier molecular flexibility index (Phi) is 3.25. The lowest BCUT2D eigenvalue weighted by Crippen LogP contribution is -2.46. The summed E-state index contributed by atoms with van der Waals surface area (Å²) in [5.41, 5.74) is 0. The van der Waals surface area contributed by atoms with E-state index in [4.69, 9.17) is 0 Å².